The first-order valence-electron chi connectivity index (χ1n) is 0.894. The summed E-state index contributed by atoms with van der Waals surface area (Å²) in [5.41, 5.74) is 0. The van der Waals surface area contributed by atoms with Gasteiger partial charge in [0.25, 0.3) is 0 Å². The second-order valence-corrected chi connectivity index (χ2v) is 2.47. The van der Waals surface area contributed by atoms with Crippen molar-refractivity contribution in [2.75, 3.05) is 0 Å². The SMILES string of the molecule is [BiH3].[La].[OH][Ti]([OH])([OH])[OH]. The molecule has 0 bridgehead atoms. The van der Waals surface area contributed by atoms with Crippen LogP contribution < -0.4 is 0 Å². The van der Waals surface area contributed by atoms with Crippen molar-refractivity contribution in [3.8, 4) is 0 Å². The fourth-order valence-electron chi connectivity index (χ4n) is 0. The van der Waals surface area contributed by atoms with Crippen LogP contribution in [0.4, 0.5) is 0 Å². The van der Waals surface area contributed by atoms with E-state index in [0.29, 0.717) is 0 Å². The van der Waals surface area contributed by atoms with Gasteiger partial charge in [0.2, 0.25) is 0 Å². The van der Waals surface area contributed by atoms with Crippen molar-refractivity contribution in [3.05, 3.63) is 0 Å². The van der Waals surface area contributed by atoms with E-state index in [0.717, 1.165) is 0 Å². The Labute approximate surface area is 92.9 Å². The number of hydrogen-bond donors (Lipinski definition) is 4. The van der Waals surface area contributed by atoms with Gasteiger partial charge in [-0.05, 0) is 0 Å². The Morgan fingerprint density at radius 1 is 0.857 bits per heavy atom. The summed E-state index contributed by atoms with van der Waals surface area (Å²) in [5, 5.41) is 0. The monoisotopic (exact) mass is 467 g/mol. The summed E-state index contributed by atoms with van der Waals surface area (Å²) in [6.45, 7) is 0. The second-order valence-electron chi connectivity index (χ2n) is 0.600. The van der Waals surface area contributed by atoms with E-state index < -0.39 is 18.1 Å². The molecule has 0 saturated carbocycles. The Balaban J connectivity index is -0.0000000800. The molecule has 0 aromatic carbocycles. The topological polar surface area (TPSA) is 80.9 Å². The Morgan fingerprint density at radius 2 is 0.857 bits per heavy atom. The van der Waals surface area contributed by atoms with E-state index in [4.69, 9.17) is 14.8 Å². The van der Waals surface area contributed by atoms with E-state index in [2.05, 4.69) is 0 Å². The van der Waals surface area contributed by atoms with Crippen LogP contribution in [0.1, 0.15) is 0 Å². The number of hydrogen-bond acceptors (Lipinski definition) is 4. The maximum atomic E-state index is 7.38. The van der Waals surface area contributed by atoms with Crippen LogP contribution >= 0.6 is 0 Å². The third-order valence-electron chi connectivity index (χ3n) is 0. The molecular weight excluding hydrogens is 460 g/mol. The van der Waals surface area contributed by atoms with Crippen molar-refractivity contribution >= 4 is 26.2 Å². The van der Waals surface area contributed by atoms with Crippen LogP contribution in [0.15, 0.2) is 0 Å². The summed E-state index contributed by atoms with van der Waals surface area (Å²) < 4.78 is 29.5. The molecule has 0 aliphatic heterocycles. The number of rotatable bonds is 0. The van der Waals surface area contributed by atoms with Crippen LogP contribution in [0.25, 0.3) is 0 Å². The molecule has 0 aromatic rings. The maximum absolute atomic E-state index is 7.38. The first kappa shape index (κ1) is 16.3. The zero-order chi connectivity index (χ0) is 4.50. The van der Waals surface area contributed by atoms with Crippen LogP contribution in [0.5, 0.6) is 0 Å². The molecule has 0 aliphatic rings. The minimum atomic E-state index is -5.00. The Bertz CT molecular complexity index is 27.2. The quantitative estimate of drug-likeness (QED) is 0.281. The van der Waals surface area contributed by atoms with Crippen LogP contribution in [-0.4, -0.2) is 41.0 Å². The Hall–Kier alpha value is 2.63. The summed E-state index contributed by atoms with van der Waals surface area (Å²) in [6.07, 6.45) is 0. The van der Waals surface area contributed by atoms with E-state index in [9.17, 15) is 0 Å². The molecule has 0 aliphatic carbocycles. The van der Waals surface area contributed by atoms with Gasteiger partial charge in [0, 0.05) is 35.6 Å². The molecule has 0 heterocycles. The molecule has 0 spiro atoms. The summed E-state index contributed by atoms with van der Waals surface area (Å²) in [6, 6.07) is 0. The molecule has 7 heteroatoms. The predicted octanol–water partition coefficient (Wildman–Crippen LogP) is -3.41. The average molecular weight is 467 g/mol. The molecule has 7 heavy (non-hydrogen) atoms. The Kier molecular flexibility index (Phi) is 15.7. The van der Waals surface area contributed by atoms with E-state index in [-0.39, 0.29) is 61.8 Å². The van der Waals surface area contributed by atoms with Crippen LogP contribution in [0.3, 0.4) is 0 Å². The van der Waals surface area contributed by atoms with E-state index in [1.807, 2.05) is 0 Å². The van der Waals surface area contributed by atoms with Gasteiger partial charge in [0.1, 0.15) is 0 Å². The first-order valence-corrected chi connectivity index (χ1v) is 3.69. The van der Waals surface area contributed by atoms with Crippen LogP contribution in [0, 0.1) is 35.6 Å². The second kappa shape index (κ2) is 6.75. The molecule has 0 saturated heterocycles. The van der Waals surface area contributed by atoms with E-state index >= 15 is 0 Å². The molecule has 4 N–H and O–H groups in total. The van der Waals surface area contributed by atoms with Crippen molar-refractivity contribution in [2.45, 2.75) is 0 Å². The molecule has 0 rings (SSSR count). The molecule has 4 nitrogen and oxygen atoms in total. The molecule has 0 atom stereocenters. The van der Waals surface area contributed by atoms with Gasteiger partial charge < -0.3 is 0 Å². The van der Waals surface area contributed by atoms with E-state index in [1.165, 1.54) is 0 Å². The normalized spacial score (nSPS) is 8.57. The standard InChI is InChI=1S/Bi.La.4H2O.Ti.3H/h;;4*1H2;;;;/q;;;;;;+4;;;/p-4. The summed E-state index contributed by atoms with van der Waals surface area (Å²) >= 11 is -5.00. The molecular formula is H7BiLaO4Ti. The van der Waals surface area contributed by atoms with Gasteiger partial charge in [-0.2, -0.15) is 0 Å². The molecule has 0 amide bonds. The average Bonchev–Trinajstić information content (AvgIpc) is 0.722. The van der Waals surface area contributed by atoms with Crippen LogP contribution in [0.2, 0.25) is 0 Å². The fraction of sp³-hybridized carbons (Fsp3) is 0. The molecule has 0 fully saturated rings. The Morgan fingerprint density at radius 3 is 0.857 bits per heavy atom. The van der Waals surface area contributed by atoms with Gasteiger partial charge in [-0.15, -0.1) is 0 Å². The van der Waals surface area contributed by atoms with Crippen molar-refractivity contribution in [1.82, 2.24) is 0 Å². The van der Waals surface area contributed by atoms with Gasteiger partial charge in [-0.25, -0.2) is 0 Å². The third-order valence-corrected chi connectivity index (χ3v) is 0. The van der Waals surface area contributed by atoms with E-state index in [1.54, 1.807) is 0 Å². The minimum absolute atomic E-state index is 0. The van der Waals surface area contributed by atoms with Gasteiger partial charge in [-0.1, -0.05) is 0 Å². The molecule has 0 aromatic heterocycles. The summed E-state index contributed by atoms with van der Waals surface area (Å²) in [4.78, 5) is 0. The zero-order valence-corrected chi connectivity index (χ0v) is 14.3. The van der Waals surface area contributed by atoms with Crippen LogP contribution in [-0.2, 0) is 18.1 Å². The first-order chi connectivity index (χ1) is 2.00. The molecule has 0 unspecified atom stereocenters. The molecule has 43 valence electrons. The van der Waals surface area contributed by atoms with Gasteiger partial charge in [0.05, 0.1) is 0 Å². The van der Waals surface area contributed by atoms with Gasteiger partial charge in [0.15, 0.2) is 0 Å². The predicted molar refractivity (Wildman–Crippen MR) is 18.8 cm³/mol. The van der Waals surface area contributed by atoms with Crippen molar-refractivity contribution in [2.24, 2.45) is 0 Å². The van der Waals surface area contributed by atoms with Crippen molar-refractivity contribution in [3.63, 3.8) is 0 Å². The fourth-order valence-corrected chi connectivity index (χ4v) is 0. The molecule has 1 radical (unpaired) electrons. The zero-order valence-electron chi connectivity index (χ0n) is 3.57. The van der Waals surface area contributed by atoms with Crippen molar-refractivity contribution < 1.29 is 68.5 Å². The van der Waals surface area contributed by atoms with Gasteiger partial charge >= 0.3 is 59.1 Å². The third kappa shape index (κ3) is 54.8. The van der Waals surface area contributed by atoms with Gasteiger partial charge in [-0.3, -0.25) is 0 Å². The summed E-state index contributed by atoms with van der Waals surface area (Å²) in [7, 11) is 0. The van der Waals surface area contributed by atoms with Crippen molar-refractivity contribution in [1.29, 1.82) is 0 Å². The summed E-state index contributed by atoms with van der Waals surface area (Å²) in [5.74, 6) is 0.